The maximum atomic E-state index is 4.81. The first kappa shape index (κ1) is 13.0. The van der Waals surface area contributed by atoms with E-state index >= 15 is 0 Å². The predicted octanol–water partition coefficient (Wildman–Crippen LogP) is 3.26. The molecule has 3 heteroatoms. The summed E-state index contributed by atoms with van der Waals surface area (Å²) in [5, 5.41) is 4.83. The quantitative estimate of drug-likeness (QED) is 0.895. The first-order valence-corrected chi connectivity index (χ1v) is 8.25. The predicted molar refractivity (Wildman–Crippen MR) is 83.9 cm³/mol. The Bertz CT molecular complexity index is 481. The van der Waals surface area contributed by atoms with Crippen molar-refractivity contribution in [2.24, 2.45) is 10.9 Å². The molecular formula is C16H22N2S. The van der Waals surface area contributed by atoms with E-state index in [2.05, 4.69) is 43.4 Å². The van der Waals surface area contributed by atoms with Gasteiger partial charge in [-0.3, -0.25) is 4.99 Å². The molecule has 0 saturated carbocycles. The molecule has 1 N–H and O–H groups in total. The van der Waals surface area contributed by atoms with E-state index in [1.54, 1.807) is 0 Å². The van der Waals surface area contributed by atoms with Crippen molar-refractivity contribution in [3.8, 4) is 0 Å². The molecule has 0 fully saturated rings. The van der Waals surface area contributed by atoms with Gasteiger partial charge in [-0.25, -0.2) is 0 Å². The molecular weight excluding hydrogens is 252 g/mol. The molecule has 1 aliphatic carbocycles. The fourth-order valence-corrected chi connectivity index (χ4v) is 4.05. The van der Waals surface area contributed by atoms with Crippen LogP contribution in [0.15, 0.2) is 29.3 Å². The van der Waals surface area contributed by atoms with Gasteiger partial charge in [0.2, 0.25) is 0 Å². The smallest absolute Gasteiger partial charge is 0.157 e. The van der Waals surface area contributed by atoms with Gasteiger partial charge in [-0.1, -0.05) is 49.9 Å². The van der Waals surface area contributed by atoms with Gasteiger partial charge >= 0.3 is 0 Å². The van der Waals surface area contributed by atoms with E-state index in [0.29, 0.717) is 18.0 Å². The van der Waals surface area contributed by atoms with Crippen LogP contribution in [0.2, 0.25) is 0 Å². The number of fused-ring (bicyclic) bond motifs is 1. The van der Waals surface area contributed by atoms with Gasteiger partial charge in [0.1, 0.15) is 0 Å². The highest BCUT2D eigenvalue weighted by atomic mass is 32.2. The van der Waals surface area contributed by atoms with Crippen molar-refractivity contribution in [1.82, 2.24) is 5.32 Å². The Balaban J connectivity index is 1.62. The lowest BCUT2D eigenvalue weighted by Crippen LogP contribution is -2.37. The van der Waals surface area contributed by atoms with Crippen LogP contribution in [-0.2, 0) is 12.8 Å². The van der Waals surface area contributed by atoms with Crippen molar-refractivity contribution in [1.29, 1.82) is 0 Å². The lowest BCUT2D eigenvalue weighted by atomic mass is 9.88. The molecule has 3 rings (SSSR count). The average molecular weight is 274 g/mol. The molecule has 2 nitrogen and oxygen atoms in total. The fourth-order valence-electron chi connectivity index (χ4n) is 2.81. The Kier molecular flexibility index (Phi) is 3.83. The van der Waals surface area contributed by atoms with Crippen molar-refractivity contribution >= 4 is 16.9 Å². The van der Waals surface area contributed by atoms with Crippen LogP contribution < -0.4 is 5.32 Å². The minimum absolute atomic E-state index is 0.503. The number of aliphatic imine (C=N–C) groups is 1. The summed E-state index contributed by atoms with van der Waals surface area (Å²) in [4.78, 5) is 4.81. The average Bonchev–Trinajstić information content (AvgIpc) is 2.87. The maximum absolute atomic E-state index is 4.81. The minimum Gasteiger partial charge on any atom is -0.362 e. The van der Waals surface area contributed by atoms with Crippen LogP contribution in [0, 0.1) is 5.92 Å². The van der Waals surface area contributed by atoms with E-state index in [1.165, 1.54) is 29.1 Å². The highest BCUT2D eigenvalue weighted by Crippen LogP contribution is 2.25. The normalized spacial score (nSPS) is 26.2. The molecule has 0 amide bonds. The standard InChI is InChI=1S/C16H22N2S/c1-11(2)15-10-19-16(18-15)17-14-8-7-12-5-3-4-6-13(12)9-14/h3-6,11,14-15H,7-10H2,1-2H3,(H,17,18)/t14?,15-/m1/s1. The van der Waals surface area contributed by atoms with Gasteiger partial charge in [0, 0.05) is 11.8 Å². The topological polar surface area (TPSA) is 24.4 Å². The summed E-state index contributed by atoms with van der Waals surface area (Å²) in [6.07, 6.45) is 3.56. The Morgan fingerprint density at radius 2 is 2.05 bits per heavy atom. The zero-order valence-corrected chi connectivity index (χ0v) is 12.5. The van der Waals surface area contributed by atoms with Crippen LogP contribution in [-0.4, -0.2) is 23.0 Å². The van der Waals surface area contributed by atoms with Crippen LogP contribution in [0.1, 0.15) is 31.4 Å². The largest absolute Gasteiger partial charge is 0.362 e. The number of hydrogen-bond donors (Lipinski definition) is 1. The van der Waals surface area contributed by atoms with Gasteiger partial charge in [-0.05, 0) is 36.3 Å². The highest BCUT2D eigenvalue weighted by molar-refractivity contribution is 8.14. The van der Waals surface area contributed by atoms with Gasteiger partial charge < -0.3 is 5.32 Å². The number of benzene rings is 1. The molecule has 0 bridgehead atoms. The van der Waals surface area contributed by atoms with Gasteiger partial charge in [-0.2, -0.15) is 0 Å². The van der Waals surface area contributed by atoms with Crippen LogP contribution in [0.3, 0.4) is 0 Å². The van der Waals surface area contributed by atoms with E-state index in [-0.39, 0.29) is 0 Å². The van der Waals surface area contributed by atoms with Gasteiger partial charge in [-0.15, -0.1) is 0 Å². The Morgan fingerprint density at radius 3 is 2.79 bits per heavy atom. The molecule has 2 atom stereocenters. The second-order valence-electron chi connectivity index (χ2n) is 5.91. The molecule has 102 valence electrons. The van der Waals surface area contributed by atoms with E-state index in [4.69, 9.17) is 4.99 Å². The summed E-state index contributed by atoms with van der Waals surface area (Å²) in [6.45, 7) is 4.52. The van der Waals surface area contributed by atoms with Crippen molar-refractivity contribution in [3.05, 3.63) is 35.4 Å². The molecule has 19 heavy (non-hydrogen) atoms. The summed E-state index contributed by atoms with van der Waals surface area (Å²) < 4.78 is 0. The van der Waals surface area contributed by atoms with Gasteiger partial charge in [0.25, 0.3) is 0 Å². The highest BCUT2D eigenvalue weighted by Gasteiger charge is 2.24. The third-order valence-electron chi connectivity index (χ3n) is 4.12. The number of aryl methyl sites for hydroxylation is 1. The summed E-state index contributed by atoms with van der Waals surface area (Å²) in [5.41, 5.74) is 3.04. The summed E-state index contributed by atoms with van der Waals surface area (Å²) >= 11 is 1.89. The number of nitrogens with zero attached hydrogens (tertiary/aromatic N) is 1. The lowest BCUT2D eigenvalue weighted by Gasteiger charge is -2.25. The van der Waals surface area contributed by atoms with Crippen LogP contribution in [0.4, 0.5) is 0 Å². The monoisotopic (exact) mass is 274 g/mol. The zero-order valence-electron chi connectivity index (χ0n) is 11.7. The molecule has 0 radical (unpaired) electrons. The molecule has 1 heterocycles. The van der Waals surface area contributed by atoms with Crippen molar-refractivity contribution in [2.45, 2.75) is 45.2 Å². The second-order valence-corrected chi connectivity index (χ2v) is 6.92. The van der Waals surface area contributed by atoms with Crippen molar-refractivity contribution in [3.63, 3.8) is 0 Å². The summed E-state index contributed by atoms with van der Waals surface area (Å²) in [6, 6.07) is 9.90. The van der Waals surface area contributed by atoms with Crippen LogP contribution in [0.5, 0.6) is 0 Å². The zero-order chi connectivity index (χ0) is 13.2. The third kappa shape index (κ3) is 2.97. The molecule has 0 spiro atoms. The minimum atomic E-state index is 0.503. The van der Waals surface area contributed by atoms with Gasteiger partial charge in [0.15, 0.2) is 5.17 Å². The molecule has 1 unspecified atom stereocenters. The first-order valence-electron chi connectivity index (χ1n) is 7.26. The van der Waals surface area contributed by atoms with Crippen LogP contribution >= 0.6 is 11.8 Å². The number of hydrogen-bond acceptors (Lipinski definition) is 3. The summed E-state index contributed by atoms with van der Waals surface area (Å²) in [7, 11) is 0. The van der Waals surface area contributed by atoms with E-state index in [1.807, 2.05) is 11.8 Å². The molecule has 0 saturated heterocycles. The Morgan fingerprint density at radius 1 is 1.26 bits per heavy atom. The lowest BCUT2D eigenvalue weighted by molar-refractivity contribution is 0.521. The molecule has 0 aromatic heterocycles. The van der Waals surface area contributed by atoms with E-state index in [0.717, 1.165) is 12.2 Å². The molecule has 1 aromatic carbocycles. The van der Waals surface area contributed by atoms with E-state index in [9.17, 15) is 0 Å². The van der Waals surface area contributed by atoms with Crippen molar-refractivity contribution < 1.29 is 0 Å². The SMILES string of the molecule is CC(C)[C@H]1CSC(NC2CCc3ccccc3C2)=N1. The second kappa shape index (κ2) is 5.58. The number of thioether (sulfide) groups is 1. The number of nitrogens with one attached hydrogen (secondary N) is 1. The van der Waals surface area contributed by atoms with Crippen molar-refractivity contribution in [2.75, 3.05) is 5.75 Å². The Labute approximate surface area is 120 Å². The van der Waals surface area contributed by atoms with Gasteiger partial charge in [0.05, 0.1) is 6.04 Å². The van der Waals surface area contributed by atoms with Crippen LogP contribution in [0.25, 0.3) is 0 Å². The number of rotatable bonds is 2. The fraction of sp³-hybridized carbons (Fsp3) is 0.562. The third-order valence-corrected chi connectivity index (χ3v) is 5.12. The molecule has 2 aliphatic rings. The molecule has 1 aromatic rings. The first-order chi connectivity index (χ1) is 9.22. The Hall–Kier alpha value is -0.960. The molecule has 1 aliphatic heterocycles. The van der Waals surface area contributed by atoms with E-state index < -0.39 is 0 Å². The maximum Gasteiger partial charge on any atom is 0.157 e. The summed E-state index contributed by atoms with van der Waals surface area (Å²) in [5.74, 6) is 1.79. The number of amidine groups is 1.